The van der Waals surface area contributed by atoms with Crippen molar-refractivity contribution in [2.75, 3.05) is 0 Å². The van der Waals surface area contributed by atoms with Gasteiger partial charge >= 0.3 is 0 Å². The normalized spacial score (nSPS) is 12.4. The number of halogens is 1. The third-order valence-corrected chi connectivity index (χ3v) is 3.02. The lowest BCUT2D eigenvalue weighted by atomic mass is 9.88. The van der Waals surface area contributed by atoms with Crippen LogP contribution in [0.1, 0.15) is 57.4 Å². The number of carbonyl (C=O) groups is 1. The van der Waals surface area contributed by atoms with Gasteiger partial charge in [-0.1, -0.05) is 38.8 Å². The lowest BCUT2D eigenvalue weighted by molar-refractivity contribution is -0.120. The molecule has 1 rings (SSSR count). The Labute approximate surface area is 103 Å². The van der Waals surface area contributed by atoms with Crippen LogP contribution in [0.5, 0.6) is 0 Å². The molecule has 2 heteroatoms. The van der Waals surface area contributed by atoms with Gasteiger partial charge in [0, 0.05) is 12.3 Å². The van der Waals surface area contributed by atoms with Gasteiger partial charge in [-0.25, -0.2) is 4.39 Å². The third-order valence-electron chi connectivity index (χ3n) is 3.02. The highest BCUT2D eigenvalue weighted by Crippen LogP contribution is 2.24. The first kappa shape index (κ1) is 13.9. The van der Waals surface area contributed by atoms with E-state index in [0.29, 0.717) is 12.2 Å². The van der Waals surface area contributed by atoms with E-state index in [9.17, 15) is 9.18 Å². The monoisotopic (exact) mass is 236 g/mol. The van der Waals surface area contributed by atoms with Gasteiger partial charge in [-0.15, -0.1) is 0 Å². The van der Waals surface area contributed by atoms with E-state index < -0.39 is 0 Å². The Hall–Kier alpha value is -1.18. The van der Waals surface area contributed by atoms with Crippen molar-refractivity contribution in [3.63, 3.8) is 0 Å². The molecule has 0 heterocycles. The van der Waals surface area contributed by atoms with E-state index in [1.807, 2.05) is 0 Å². The van der Waals surface area contributed by atoms with Gasteiger partial charge in [0.05, 0.1) is 0 Å². The number of hydrogen-bond acceptors (Lipinski definition) is 1. The summed E-state index contributed by atoms with van der Waals surface area (Å²) in [5.74, 6) is -0.00235. The molecule has 1 atom stereocenters. The molecule has 0 amide bonds. The molecule has 0 saturated heterocycles. The van der Waals surface area contributed by atoms with E-state index in [1.54, 1.807) is 12.1 Å². The minimum absolute atomic E-state index is 0.0489. The van der Waals surface area contributed by atoms with Gasteiger partial charge in [0.25, 0.3) is 0 Å². The van der Waals surface area contributed by atoms with Crippen molar-refractivity contribution in [1.29, 1.82) is 0 Å². The first-order valence-electron chi connectivity index (χ1n) is 6.47. The standard InChI is InChI=1S/C15H21FO/c1-3-5-7-15(17)14(6-4-2)12-8-10-13(16)11-9-12/h8-11,14H,3-7H2,1-2H3. The van der Waals surface area contributed by atoms with Gasteiger partial charge in [0.15, 0.2) is 0 Å². The van der Waals surface area contributed by atoms with Crippen LogP contribution in [0.2, 0.25) is 0 Å². The molecule has 1 unspecified atom stereocenters. The van der Waals surface area contributed by atoms with Gasteiger partial charge in [-0.2, -0.15) is 0 Å². The predicted octanol–water partition coefficient (Wildman–Crippen LogP) is 4.47. The minimum Gasteiger partial charge on any atom is -0.299 e. The summed E-state index contributed by atoms with van der Waals surface area (Å²) in [4.78, 5) is 12.1. The Kier molecular flexibility index (Phi) is 5.88. The van der Waals surface area contributed by atoms with Gasteiger partial charge in [-0.3, -0.25) is 4.79 Å². The van der Waals surface area contributed by atoms with Crippen molar-refractivity contribution in [3.05, 3.63) is 35.6 Å². The first-order valence-corrected chi connectivity index (χ1v) is 6.47. The Morgan fingerprint density at radius 2 is 1.82 bits per heavy atom. The van der Waals surface area contributed by atoms with Crippen LogP contribution in [0, 0.1) is 5.82 Å². The van der Waals surface area contributed by atoms with Gasteiger partial charge in [0.1, 0.15) is 11.6 Å². The topological polar surface area (TPSA) is 17.1 Å². The van der Waals surface area contributed by atoms with Crippen LogP contribution in [-0.2, 0) is 4.79 Å². The second-order valence-corrected chi connectivity index (χ2v) is 4.46. The number of ketones is 1. The molecule has 0 aliphatic heterocycles. The van der Waals surface area contributed by atoms with Crippen LogP contribution in [0.3, 0.4) is 0 Å². The summed E-state index contributed by atoms with van der Waals surface area (Å²) in [7, 11) is 0. The molecule has 0 N–H and O–H groups in total. The largest absolute Gasteiger partial charge is 0.299 e. The molecule has 17 heavy (non-hydrogen) atoms. The van der Waals surface area contributed by atoms with E-state index in [4.69, 9.17) is 0 Å². The zero-order valence-corrected chi connectivity index (χ0v) is 10.7. The van der Waals surface area contributed by atoms with Crippen LogP contribution < -0.4 is 0 Å². The maximum atomic E-state index is 12.9. The number of benzene rings is 1. The van der Waals surface area contributed by atoms with Crippen molar-refractivity contribution in [2.45, 2.75) is 51.9 Å². The van der Waals surface area contributed by atoms with Crippen LogP contribution >= 0.6 is 0 Å². The van der Waals surface area contributed by atoms with Crippen LogP contribution in [0.25, 0.3) is 0 Å². The molecular weight excluding hydrogens is 215 g/mol. The average molecular weight is 236 g/mol. The molecule has 0 spiro atoms. The third kappa shape index (κ3) is 4.29. The quantitative estimate of drug-likeness (QED) is 0.682. The van der Waals surface area contributed by atoms with E-state index in [2.05, 4.69) is 13.8 Å². The summed E-state index contributed by atoms with van der Waals surface area (Å²) in [5, 5.41) is 0. The maximum Gasteiger partial charge on any atom is 0.140 e. The summed E-state index contributed by atoms with van der Waals surface area (Å²) in [5.41, 5.74) is 0.953. The highest BCUT2D eigenvalue weighted by Gasteiger charge is 2.18. The number of rotatable bonds is 7. The summed E-state index contributed by atoms with van der Waals surface area (Å²) in [6, 6.07) is 6.34. The SMILES string of the molecule is CCCCC(=O)C(CCC)c1ccc(F)cc1. The summed E-state index contributed by atoms with van der Waals surface area (Å²) < 4.78 is 12.9. The van der Waals surface area contributed by atoms with Gasteiger partial charge in [-0.05, 0) is 30.5 Å². The van der Waals surface area contributed by atoms with Crippen molar-refractivity contribution >= 4 is 5.78 Å². The molecule has 0 bridgehead atoms. The van der Waals surface area contributed by atoms with Crippen LogP contribution in [0.4, 0.5) is 4.39 Å². The summed E-state index contributed by atoms with van der Waals surface area (Å²) in [6.45, 7) is 4.16. The number of Topliss-reactive ketones (excluding diaryl/α,β-unsaturated/α-hetero) is 1. The first-order chi connectivity index (χ1) is 8.19. The molecule has 0 aromatic heterocycles. The molecule has 1 aromatic carbocycles. The molecule has 1 nitrogen and oxygen atoms in total. The van der Waals surface area contributed by atoms with E-state index in [1.165, 1.54) is 12.1 Å². The summed E-state index contributed by atoms with van der Waals surface area (Å²) in [6.07, 6.45) is 4.45. The zero-order valence-electron chi connectivity index (χ0n) is 10.7. The lowest BCUT2D eigenvalue weighted by Gasteiger charge is -2.15. The lowest BCUT2D eigenvalue weighted by Crippen LogP contribution is -2.12. The van der Waals surface area contributed by atoms with E-state index in [0.717, 1.165) is 31.2 Å². The second-order valence-electron chi connectivity index (χ2n) is 4.46. The molecule has 0 aliphatic carbocycles. The molecule has 0 fully saturated rings. The Morgan fingerprint density at radius 1 is 1.18 bits per heavy atom. The predicted molar refractivity (Wildman–Crippen MR) is 68.6 cm³/mol. The highest BCUT2D eigenvalue weighted by molar-refractivity contribution is 5.85. The van der Waals surface area contributed by atoms with Crippen LogP contribution in [-0.4, -0.2) is 5.78 Å². The number of carbonyl (C=O) groups excluding carboxylic acids is 1. The van der Waals surface area contributed by atoms with Crippen molar-refractivity contribution < 1.29 is 9.18 Å². The molecule has 0 aliphatic rings. The fourth-order valence-corrected chi connectivity index (χ4v) is 2.02. The molecule has 94 valence electrons. The second kappa shape index (κ2) is 7.21. The molecular formula is C15H21FO. The van der Waals surface area contributed by atoms with E-state index >= 15 is 0 Å². The smallest absolute Gasteiger partial charge is 0.140 e. The van der Waals surface area contributed by atoms with Crippen molar-refractivity contribution in [1.82, 2.24) is 0 Å². The van der Waals surface area contributed by atoms with Crippen molar-refractivity contribution in [2.24, 2.45) is 0 Å². The Morgan fingerprint density at radius 3 is 2.35 bits per heavy atom. The van der Waals surface area contributed by atoms with Gasteiger partial charge < -0.3 is 0 Å². The molecule has 0 radical (unpaired) electrons. The summed E-state index contributed by atoms with van der Waals surface area (Å²) >= 11 is 0. The zero-order chi connectivity index (χ0) is 12.7. The number of unbranched alkanes of at least 4 members (excludes halogenated alkanes) is 1. The Balaban J connectivity index is 2.77. The maximum absolute atomic E-state index is 12.9. The van der Waals surface area contributed by atoms with Crippen LogP contribution in [0.15, 0.2) is 24.3 Å². The fourth-order valence-electron chi connectivity index (χ4n) is 2.02. The molecule has 0 saturated carbocycles. The fraction of sp³-hybridized carbons (Fsp3) is 0.533. The van der Waals surface area contributed by atoms with Gasteiger partial charge in [0.2, 0.25) is 0 Å². The number of hydrogen-bond donors (Lipinski definition) is 0. The Bertz CT molecular complexity index is 342. The minimum atomic E-state index is -0.245. The van der Waals surface area contributed by atoms with Crippen molar-refractivity contribution in [3.8, 4) is 0 Å². The average Bonchev–Trinajstić information content (AvgIpc) is 2.34. The van der Waals surface area contributed by atoms with E-state index in [-0.39, 0.29) is 11.7 Å². The molecule has 1 aromatic rings. The highest BCUT2D eigenvalue weighted by atomic mass is 19.1.